The maximum absolute atomic E-state index is 13.2. The summed E-state index contributed by atoms with van der Waals surface area (Å²) in [4.78, 5) is 28.3. The van der Waals surface area contributed by atoms with Crippen LogP contribution in [0.25, 0.3) is 0 Å². The number of carbonyl (C=O) groups is 2. The van der Waals surface area contributed by atoms with E-state index >= 15 is 0 Å². The number of nitrogens with zero attached hydrogens (tertiary/aromatic N) is 2. The molecule has 1 fully saturated rings. The number of hydrogen-bond donors (Lipinski definition) is 2. The van der Waals surface area contributed by atoms with Gasteiger partial charge in [-0.15, -0.1) is 0 Å². The summed E-state index contributed by atoms with van der Waals surface area (Å²) in [6, 6.07) is 12.1. The molecule has 8 heteroatoms. The van der Waals surface area contributed by atoms with Crippen molar-refractivity contribution in [2.75, 3.05) is 51.1 Å². The molecule has 0 saturated carbocycles. The summed E-state index contributed by atoms with van der Waals surface area (Å²) in [5.41, 5.74) is 1.41. The number of rotatable bonds is 8. The van der Waals surface area contributed by atoms with Crippen molar-refractivity contribution >= 4 is 17.5 Å². The Morgan fingerprint density at radius 3 is 2.10 bits per heavy atom. The first-order chi connectivity index (χ1) is 14.5. The Labute approximate surface area is 174 Å². The lowest BCUT2D eigenvalue weighted by atomic mass is 10.1. The molecular weight excluding hydrogens is 390 g/mol. The minimum atomic E-state index is -0.391. The number of anilines is 1. The van der Waals surface area contributed by atoms with E-state index in [0.29, 0.717) is 51.4 Å². The number of nitrogens with one attached hydrogen (secondary N) is 2. The summed E-state index contributed by atoms with van der Waals surface area (Å²) in [6.07, 6.45) is 0.653. The van der Waals surface area contributed by atoms with Crippen LogP contribution in [0.15, 0.2) is 48.5 Å². The second kappa shape index (κ2) is 10.8. The molecule has 6 nitrogen and oxygen atoms in total. The van der Waals surface area contributed by atoms with Gasteiger partial charge >= 0.3 is 0 Å². The zero-order valence-electron chi connectivity index (χ0n) is 16.7. The molecule has 1 saturated heterocycles. The molecule has 0 aliphatic carbocycles. The van der Waals surface area contributed by atoms with E-state index in [1.165, 1.54) is 24.3 Å². The van der Waals surface area contributed by atoms with Crippen LogP contribution in [0.5, 0.6) is 0 Å². The van der Waals surface area contributed by atoms with E-state index in [4.69, 9.17) is 0 Å². The highest BCUT2D eigenvalue weighted by Gasteiger charge is 2.20. The third kappa shape index (κ3) is 7.20. The van der Waals surface area contributed by atoms with Crippen LogP contribution < -0.4 is 10.6 Å². The topological polar surface area (TPSA) is 64.7 Å². The highest BCUT2D eigenvalue weighted by Crippen LogP contribution is 2.09. The Balaban J connectivity index is 1.31. The second-order valence-corrected chi connectivity index (χ2v) is 7.34. The molecule has 1 aliphatic rings. The summed E-state index contributed by atoms with van der Waals surface area (Å²) < 4.78 is 26.1. The van der Waals surface area contributed by atoms with E-state index in [2.05, 4.69) is 10.6 Å². The van der Waals surface area contributed by atoms with Gasteiger partial charge in [0.2, 0.25) is 11.8 Å². The third-order valence-electron chi connectivity index (χ3n) is 4.96. The monoisotopic (exact) mass is 416 g/mol. The molecule has 1 heterocycles. The zero-order chi connectivity index (χ0) is 21.3. The van der Waals surface area contributed by atoms with E-state index in [0.717, 1.165) is 5.56 Å². The number of halogens is 2. The van der Waals surface area contributed by atoms with Crippen LogP contribution in [0.2, 0.25) is 0 Å². The Kier molecular flexibility index (Phi) is 7.87. The molecule has 30 heavy (non-hydrogen) atoms. The number of hydrogen-bond acceptors (Lipinski definition) is 4. The van der Waals surface area contributed by atoms with E-state index in [1.807, 2.05) is 9.80 Å². The summed E-state index contributed by atoms with van der Waals surface area (Å²) in [5.74, 6) is -0.896. The van der Waals surface area contributed by atoms with Gasteiger partial charge in [0, 0.05) is 38.4 Å². The minimum absolute atomic E-state index is 0.0468. The Bertz CT molecular complexity index is 852. The molecule has 2 amide bonds. The van der Waals surface area contributed by atoms with Gasteiger partial charge in [0.25, 0.3) is 0 Å². The number of amides is 2. The van der Waals surface area contributed by atoms with Gasteiger partial charge in [-0.2, -0.15) is 0 Å². The highest BCUT2D eigenvalue weighted by atomic mass is 19.1. The molecule has 160 valence electrons. The van der Waals surface area contributed by atoms with Crippen molar-refractivity contribution in [3.8, 4) is 0 Å². The number of carbonyl (C=O) groups excluding carboxylic acids is 2. The van der Waals surface area contributed by atoms with Crippen LogP contribution in [0.1, 0.15) is 5.56 Å². The fourth-order valence-corrected chi connectivity index (χ4v) is 3.33. The van der Waals surface area contributed by atoms with Crippen molar-refractivity contribution in [1.29, 1.82) is 0 Å². The van der Waals surface area contributed by atoms with E-state index < -0.39 is 5.82 Å². The van der Waals surface area contributed by atoms with Crippen molar-refractivity contribution in [2.24, 2.45) is 0 Å². The summed E-state index contributed by atoms with van der Waals surface area (Å²) >= 11 is 0. The molecule has 0 spiro atoms. The smallest absolute Gasteiger partial charge is 0.238 e. The molecular formula is C22H26F2N4O2. The lowest BCUT2D eigenvalue weighted by molar-refractivity contribution is -0.123. The molecule has 0 aromatic heterocycles. The fraction of sp³-hybridized carbons (Fsp3) is 0.364. The Hall–Kier alpha value is -2.84. The van der Waals surface area contributed by atoms with E-state index in [-0.39, 0.29) is 24.2 Å². The predicted molar refractivity (Wildman–Crippen MR) is 111 cm³/mol. The summed E-state index contributed by atoms with van der Waals surface area (Å²) in [7, 11) is 0. The van der Waals surface area contributed by atoms with E-state index in [9.17, 15) is 18.4 Å². The van der Waals surface area contributed by atoms with Crippen LogP contribution in [0.4, 0.5) is 14.5 Å². The highest BCUT2D eigenvalue weighted by molar-refractivity contribution is 5.92. The maximum atomic E-state index is 13.2. The molecule has 0 atom stereocenters. The van der Waals surface area contributed by atoms with Crippen molar-refractivity contribution in [2.45, 2.75) is 6.42 Å². The largest absolute Gasteiger partial charge is 0.355 e. The molecule has 2 aromatic rings. The molecule has 0 radical (unpaired) electrons. The summed E-state index contributed by atoms with van der Waals surface area (Å²) in [6.45, 7) is 3.79. The van der Waals surface area contributed by atoms with Crippen LogP contribution in [-0.4, -0.2) is 67.4 Å². The van der Waals surface area contributed by atoms with Gasteiger partial charge in [-0.1, -0.05) is 18.2 Å². The van der Waals surface area contributed by atoms with Gasteiger partial charge in [0.15, 0.2) is 0 Å². The van der Waals surface area contributed by atoms with Gasteiger partial charge in [0.1, 0.15) is 11.6 Å². The number of piperazine rings is 1. The van der Waals surface area contributed by atoms with Gasteiger partial charge in [0.05, 0.1) is 13.1 Å². The van der Waals surface area contributed by atoms with E-state index in [1.54, 1.807) is 24.3 Å². The Morgan fingerprint density at radius 1 is 0.833 bits per heavy atom. The maximum Gasteiger partial charge on any atom is 0.238 e. The first-order valence-electron chi connectivity index (χ1n) is 9.99. The molecule has 0 unspecified atom stereocenters. The average Bonchev–Trinajstić information content (AvgIpc) is 2.71. The van der Waals surface area contributed by atoms with Gasteiger partial charge in [-0.05, 0) is 42.3 Å². The standard InChI is InChI=1S/C22H26F2N4O2/c23-18-6-4-17(5-7-18)8-9-25-21(29)15-27-10-12-28(13-11-27)16-22(30)26-20-3-1-2-19(24)14-20/h1-7,14H,8-13,15-16H2,(H,25,29)(H,26,30). The molecule has 3 rings (SSSR count). The zero-order valence-corrected chi connectivity index (χ0v) is 16.7. The molecule has 0 bridgehead atoms. The number of benzene rings is 2. The van der Waals surface area contributed by atoms with Crippen LogP contribution in [0, 0.1) is 11.6 Å². The second-order valence-electron chi connectivity index (χ2n) is 7.34. The van der Waals surface area contributed by atoms with Gasteiger partial charge in [-0.3, -0.25) is 19.4 Å². The van der Waals surface area contributed by atoms with Gasteiger partial charge < -0.3 is 10.6 Å². The summed E-state index contributed by atoms with van der Waals surface area (Å²) in [5, 5.41) is 5.58. The lowest BCUT2D eigenvalue weighted by Crippen LogP contribution is -2.51. The normalized spacial score (nSPS) is 15.0. The van der Waals surface area contributed by atoms with Crippen molar-refractivity contribution in [3.05, 3.63) is 65.7 Å². The van der Waals surface area contributed by atoms with Crippen molar-refractivity contribution in [3.63, 3.8) is 0 Å². The SMILES string of the molecule is O=C(CN1CCN(CC(=O)Nc2cccc(F)c2)CC1)NCCc1ccc(F)cc1. The van der Waals surface area contributed by atoms with Crippen LogP contribution in [-0.2, 0) is 16.0 Å². The van der Waals surface area contributed by atoms with Gasteiger partial charge in [-0.25, -0.2) is 8.78 Å². The fourth-order valence-electron chi connectivity index (χ4n) is 3.33. The average molecular weight is 416 g/mol. The minimum Gasteiger partial charge on any atom is -0.355 e. The third-order valence-corrected chi connectivity index (χ3v) is 4.96. The predicted octanol–water partition coefficient (Wildman–Crippen LogP) is 1.88. The van der Waals surface area contributed by atoms with Crippen molar-refractivity contribution < 1.29 is 18.4 Å². The first-order valence-corrected chi connectivity index (χ1v) is 9.99. The molecule has 2 aromatic carbocycles. The van der Waals surface area contributed by atoms with Crippen LogP contribution in [0.3, 0.4) is 0 Å². The lowest BCUT2D eigenvalue weighted by Gasteiger charge is -2.33. The first kappa shape index (κ1) is 21.9. The van der Waals surface area contributed by atoms with Crippen LogP contribution >= 0.6 is 0 Å². The molecule has 2 N–H and O–H groups in total. The quantitative estimate of drug-likeness (QED) is 0.690. The molecule has 1 aliphatic heterocycles. The van der Waals surface area contributed by atoms with Crippen molar-refractivity contribution in [1.82, 2.24) is 15.1 Å². The Morgan fingerprint density at radius 2 is 1.47 bits per heavy atom.